The van der Waals surface area contributed by atoms with Crippen LogP contribution in [-0.4, -0.2) is 47.2 Å². The Morgan fingerprint density at radius 2 is 1.97 bits per heavy atom. The molecular formula is C23H26N4O3. The van der Waals surface area contributed by atoms with Gasteiger partial charge < -0.3 is 14.5 Å². The van der Waals surface area contributed by atoms with Crippen LogP contribution in [0.25, 0.3) is 11.3 Å². The standard InChI is InChI=1S/C23H26N4O3/c1-29-19-6-5-17(21(12-19)30-2)14-27-11-3-4-18(15-27)23-25-20(13-22(28)26-23)16-7-9-24-10-8-16/h5-10,12-13,18H,3-4,11,14-15H2,1-2H3,(H,25,26,28). The Morgan fingerprint density at radius 1 is 1.13 bits per heavy atom. The lowest BCUT2D eigenvalue weighted by Gasteiger charge is -2.32. The van der Waals surface area contributed by atoms with Crippen LogP contribution in [0.5, 0.6) is 11.5 Å². The molecule has 2 aromatic heterocycles. The van der Waals surface area contributed by atoms with Gasteiger partial charge in [-0.05, 0) is 37.6 Å². The van der Waals surface area contributed by atoms with Crippen molar-refractivity contribution in [3.8, 4) is 22.8 Å². The summed E-state index contributed by atoms with van der Waals surface area (Å²) >= 11 is 0. The predicted octanol–water partition coefficient (Wildman–Crippen LogP) is 3.23. The van der Waals surface area contributed by atoms with Crippen LogP contribution in [0, 0.1) is 0 Å². The SMILES string of the molecule is COc1ccc(CN2CCCC(c3nc(-c4ccncc4)cc(=O)[nH]3)C2)c(OC)c1. The highest BCUT2D eigenvalue weighted by atomic mass is 16.5. The first-order valence-corrected chi connectivity index (χ1v) is 10.1. The fourth-order valence-corrected chi connectivity index (χ4v) is 3.99. The molecule has 3 heterocycles. The van der Waals surface area contributed by atoms with E-state index in [1.807, 2.05) is 30.3 Å². The summed E-state index contributed by atoms with van der Waals surface area (Å²) in [6.07, 6.45) is 5.47. The number of piperidine rings is 1. The van der Waals surface area contributed by atoms with Crippen molar-refractivity contribution < 1.29 is 9.47 Å². The summed E-state index contributed by atoms with van der Waals surface area (Å²) in [6.45, 7) is 2.61. The summed E-state index contributed by atoms with van der Waals surface area (Å²) in [4.78, 5) is 26.5. The summed E-state index contributed by atoms with van der Waals surface area (Å²) in [5.41, 5.74) is 2.57. The number of nitrogens with zero attached hydrogens (tertiary/aromatic N) is 3. The number of rotatable bonds is 6. The summed E-state index contributed by atoms with van der Waals surface area (Å²) in [5.74, 6) is 2.53. The van der Waals surface area contributed by atoms with E-state index in [0.29, 0.717) is 5.69 Å². The van der Waals surface area contributed by atoms with E-state index >= 15 is 0 Å². The van der Waals surface area contributed by atoms with Crippen LogP contribution >= 0.6 is 0 Å². The Bertz CT molecular complexity index is 1050. The average molecular weight is 406 g/mol. The summed E-state index contributed by atoms with van der Waals surface area (Å²) in [5, 5.41) is 0. The molecule has 1 aliphatic rings. The molecule has 1 N–H and O–H groups in total. The number of ether oxygens (including phenoxy) is 2. The third-order valence-electron chi connectivity index (χ3n) is 5.52. The highest BCUT2D eigenvalue weighted by molar-refractivity contribution is 5.57. The molecule has 4 rings (SSSR count). The zero-order valence-corrected chi connectivity index (χ0v) is 17.3. The molecule has 0 bridgehead atoms. The van der Waals surface area contributed by atoms with E-state index in [-0.39, 0.29) is 11.5 Å². The first-order valence-electron chi connectivity index (χ1n) is 10.1. The minimum Gasteiger partial charge on any atom is -0.497 e. The Morgan fingerprint density at radius 3 is 2.73 bits per heavy atom. The molecule has 1 saturated heterocycles. The maximum atomic E-state index is 12.3. The number of nitrogens with one attached hydrogen (secondary N) is 1. The van der Waals surface area contributed by atoms with Gasteiger partial charge in [-0.25, -0.2) is 4.98 Å². The van der Waals surface area contributed by atoms with Crippen LogP contribution in [0.4, 0.5) is 0 Å². The van der Waals surface area contributed by atoms with Crippen molar-refractivity contribution >= 4 is 0 Å². The lowest BCUT2D eigenvalue weighted by Crippen LogP contribution is -2.35. The van der Waals surface area contributed by atoms with Crippen LogP contribution in [0.15, 0.2) is 53.6 Å². The van der Waals surface area contributed by atoms with Gasteiger partial charge in [0.25, 0.3) is 5.56 Å². The number of hydrogen-bond acceptors (Lipinski definition) is 6. The van der Waals surface area contributed by atoms with Crippen molar-refractivity contribution in [1.29, 1.82) is 0 Å². The molecule has 156 valence electrons. The van der Waals surface area contributed by atoms with Crippen LogP contribution < -0.4 is 15.0 Å². The molecule has 0 spiro atoms. The van der Waals surface area contributed by atoms with Crippen molar-refractivity contribution in [2.24, 2.45) is 0 Å². The largest absolute Gasteiger partial charge is 0.497 e. The number of likely N-dealkylation sites (tertiary alicyclic amines) is 1. The molecular weight excluding hydrogens is 380 g/mol. The van der Waals surface area contributed by atoms with E-state index in [1.165, 1.54) is 0 Å². The third kappa shape index (κ3) is 4.52. The zero-order chi connectivity index (χ0) is 20.9. The van der Waals surface area contributed by atoms with E-state index in [4.69, 9.17) is 14.5 Å². The Balaban J connectivity index is 1.54. The lowest BCUT2D eigenvalue weighted by molar-refractivity contribution is 0.194. The molecule has 1 aliphatic heterocycles. The molecule has 7 heteroatoms. The van der Waals surface area contributed by atoms with Gasteiger partial charge in [-0.2, -0.15) is 0 Å². The molecule has 7 nitrogen and oxygen atoms in total. The Hall–Kier alpha value is -3.19. The molecule has 0 amide bonds. The van der Waals surface area contributed by atoms with Gasteiger partial charge in [-0.1, -0.05) is 6.07 Å². The molecule has 1 fully saturated rings. The highest BCUT2D eigenvalue weighted by Gasteiger charge is 2.24. The first kappa shape index (κ1) is 20.1. The molecule has 1 aromatic carbocycles. The Kier molecular flexibility index (Phi) is 6.09. The second-order valence-corrected chi connectivity index (χ2v) is 7.50. The summed E-state index contributed by atoms with van der Waals surface area (Å²) < 4.78 is 10.8. The fourth-order valence-electron chi connectivity index (χ4n) is 3.99. The van der Waals surface area contributed by atoms with Crippen LogP contribution in [0.2, 0.25) is 0 Å². The fraction of sp³-hybridized carbons (Fsp3) is 0.348. The van der Waals surface area contributed by atoms with Crippen molar-refractivity contribution in [3.05, 3.63) is 70.5 Å². The van der Waals surface area contributed by atoms with Crippen molar-refractivity contribution in [1.82, 2.24) is 19.9 Å². The van der Waals surface area contributed by atoms with Crippen LogP contribution in [0.1, 0.15) is 30.1 Å². The third-order valence-corrected chi connectivity index (χ3v) is 5.52. The van der Waals surface area contributed by atoms with Crippen molar-refractivity contribution in [2.75, 3.05) is 27.3 Å². The lowest BCUT2D eigenvalue weighted by atomic mass is 9.96. The summed E-state index contributed by atoms with van der Waals surface area (Å²) in [7, 11) is 3.33. The van der Waals surface area contributed by atoms with E-state index in [1.54, 1.807) is 32.7 Å². The van der Waals surface area contributed by atoms with E-state index < -0.39 is 0 Å². The molecule has 0 saturated carbocycles. The van der Waals surface area contributed by atoms with Gasteiger partial charge in [0.05, 0.1) is 19.9 Å². The number of pyridine rings is 1. The van der Waals surface area contributed by atoms with E-state index in [0.717, 1.165) is 60.9 Å². The number of aromatic amines is 1. The predicted molar refractivity (Wildman–Crippen MR) is 115 cm³/mol. The first-order chi connectivity index (χ1) is 14.7. The summed E-state index contributed by atoms with van der Waals surface area (Å²) in [6, 6.07) is 11.2. The minimum atomic E-state index is -0.124. The van der Waals surface area contributed by atoms with Crippen molar-refractivity contribution in [3.63, 3.8) is 0 Å². The quantitative estimate of drug-likeness (QED) is 0.677. The Labute approximate surface area is 175 Å². The average Bonchev–Trinajstić information content (AvgIpc) is 2.79. The number of H-pyrrole nitrogens is 1. The molecule has 1 unspecified atom stereocenters. The maximum absolute atomic E-state index is 12.3. The molecule has 3 aromatic rings. The van der Waals surface area contributed by atoms with Gasteiger partial charge in [0.2, 0.25) is 0 Å². The second kappa shape index (κ2) is 9.09. The van der Waals surface area contributed by atoms with Crippen LogP contribution in [-0.2, 0) is 6.54 Å². The highest BCUT2D eigenvalue weighted by Crippen LogP contribution is 2.30. The van der Waals surface area contributed by atoms with E-state index in [2.05, 4.69) is 14.9 Å². The van der Waals surface area contributed by atoms with Gasteiger partial charge in [0.15, 0.2) is 0 Å². The topological polar surface area (TPSA) is 80.3 Å². The monoisotopic (exact) mass is 406 g/mol. The van der Waals surface area contributed by atoms with Gasteiger partial charge in [0.1, 0.15) is 17.3 Å². The van der Waals surface area contributed by atoms with Gasteiger partial charge in [-0.3, -0.25) is 14.7 Å². The van der Waals surface area contributed by atoms with Gasteiger partial charge in [0, 0.05) is 54.7 Å². The molecule has 0 aliphatic carbocycles. The van der Waals surface area contributed by atoms with Gasteiger partial charge in [-0.15, -0.1) is 0 Å². The molecule has 0 radical (unpaired) electrons. The molecule has 30 heavy (non-hydrogen) atoms. The van der Waals surface area contributed by atoms with Crippen molar-refractivity contribution in [2.45, 2.75) is 25.3 Å². The minimum absolute atomic E-state index is 0.124. The number of hydrogen-bond donors (Lipinski definition) is 1. The maximum Gasteiger partial charge on any atom is 0.251 e. The zero-order valence-electron chi connectivity index (χ0n) is 17.3. The van der Waals surface area contributed by atoms with E-state index in [9.17, 15) is 4.79 Å². The second-order valence-electron chi connectivity index (χ2n) is 7.50. The molecule has 1 atom stereocenters. The van der Waals surface area contributed by atoms with Crippen LogP contribution in [0.3, 0.4) is 0 Å². The van der Waals surface area contributed by atoms with Gasteiger partial charge >= 0.3 is 0 Å². The number of benzene rings is 1. The normalized spacial score (nSPS) is 16.9. The number of methoxy groups -OCH3 is 2. The smallest absolute Gasteiger partial charge is 0.251 e. The number of aromatic nitrogens is 3.